The van der Waals surface area contributed by atoms with Gasteiger partial charge in [0.05, 0.1) is 16.3 Å². The van der Waals surface area contributed by atoms with E-state index in [1.807, 2.05) is 0 Å². The first-order valence-electron chi connectivity index (χ1n) is 7.34. The van der Waals surface area contributed by atoms with Crippen LogP contribution in [0.5, 0.6) is 0 Å². The SMILES string of the molecule is CCNS(=O)(=O)c1ccc(N)c(NCCC2=CCCC2)c1. The summed E-state index contributed by atoms with van der Waals surface area (Å²) in [6, 6.07) is 4.75. The third-order valence-electron chi connectivity index (χ3n) is 3.57. The van der Waals surface area contributed by atoms with E-state index in [2.05, 4.69) is 16.1 Å². The maximum absolute atomic E-state index is 12.0. The van der Waals surface area contributed by atoms with Gasteiger partial charge >= 0.3 is 0 Å². The van der Waals surface area contributed by atoms with Crippen molar-refractivity contribution < 1.29 is 8.42 Å². The Labute approximate surface area is 126 Å². The fourth-order valence-corrected chi connectivity index (χ4v) is 3.52. The molecule has 5 nitrogen and oxygen atoms in total. The minimum absolute atomic E-state index is 0.237. The zero-order valence-corrected chi connectivity index (χ0v) is 13.2. The lowest BCUT2D eigenvalue weighted by Gasteiger charge is -2.12. The molecule has 21 heavy (non-hydrogen) atoms. The molecule has 0 unspecified atom stereocenters. The normalized spacial score (nSPS) is 15.0. The lowest BCUT2D eigenvalue weighted by molar-refractivity contribution is 0.584. The number of nitrogen functional groups attached to an aromatic ring is 1. The largest absolute Gasteiger partial charge is 0.397 e. The van der Waals surface area contributed by atoms with Crippen LogP contribution in [0.2, 0.25) is 0 Å². The van der Waals surface area contributed by atoms with Crippen molar-refractivity contribution in [3.63, 3.8) is 0 Å². The molecular formula is C15H23N3O2S. The van der Waals surface area contributed by atoms with E-state index in [-0.39, 0.29) is 4.90 Å². The van der Waals surface area contributed by atoms with Gasteiger partial charge in [0.15, 0.2) is 0 Å². The number of allylic oxidation sites excluding steroid dienone is 1. The van der Waals surface area contributed by atoms with Crippen molar-refractivity contribution in [2.45, 2.75) is 37.5 Å². The number of nitrogens with one attached hydrogen (secondary N) is 2. The zero-order chi connectivity index (χ0) is 15.3. The summed E-state index contributed by atoms with van der Waals surface area (Å²) in [7, 11) is -3.45. The number of benzene rings is 1. The van der Waals surface area contributed by atoms with Crippen LogP contribution in [0.3, 0.4) is 0 Å². The van der Waals surface area contributed by atoms with Crippen LogP contribution in [-0.4, -0.2) is 21.5 Å². The molecule has 0 heterocycles. The Hall–Kier alpha value is -1.53. The quantitative estimate of drug-likeness (QED) is 0.533. The molecule has 0 aliphatic heterocycles. The maximum Gasteiger partial charge on any atom is 0.240 e. The van der Waals surface area contributed by atoms with Gasteiger partial charge in [0.2, 0.25) is 10.0 Å². The molecule has 116 valence electrons. The van der Waals surface area contributed by atoms with E-state index in [0.29, 0.717) is 17.9 Å². The van der Waals surface area contributed by atoms with Gasteiger partial charge in [-0.15, -0.1) is 0 Å². The smallest absolute Gasteiger partial charge is 0.240 e. The first-order valence-corrected chi connectivity index (χ1v) is 8.82. The molecule has 0 spiro atoms. The molecule has 0 bridgehead atoms. The summed E-state index contributed by atoms with van der Waals surface area (Å²) >= 11 is 0. The second-order valence-electron chi connectivity index (χ2n) is 5.18. The van der Waals surface area contributed by atoms with Gasteiger partial charge in [0.25, 0.3) is 0 Å². The van der Waals surface area contributed by atoms with E-state index in [0.717, 1.165) is 13.0 Å². The Kier molecular flexibility index (Phi) is 5.25. The minimum atomic E-state index is -3.45. The molecule has 0 amide bonds. The standard InChI is InChI=1S/C15H23N3O2S/c1-2-18-21(19,20)13-7-8-14(16)15(11-13)17-10-9-12-5-3-4-6-12/h5,7-8,11,17-18H,2-4,6,9-10,16H2,1H3. The molecule has 2 rings (SSSR count). The van der Waals surface area contributed by atoms with Crippen molar-refractivity contribution in [3.8, 4) is 0 Å². The Bertz CT molecular complexity index is 624. The Morgan fingerprint density at radius 3 is 2.81 bits per heavy atom. The van der Waals surface area contributed by atoms with Gasteiger partial charge in [-0.1, -0.05) is 18.6 Å². The van der Waals surface area contributed by atoms with Gasteiger partial charge in [0, 0.05) is 13.1 Å². The summed E-state index contributed by atoms with van der Waals surface area (Å²) in [5, 5.41) is 3.24. The first-order chi connectivity index (χ1) is 10.0. The van der Waals surface area contributed by atoms with E-state index < -0.39 is 10.0 Å². The third-order valence-corrected chi connectivity index (χ3v) is 5.11. The van der Waals surface area contributed by atoms with Gasteiger partial charge in [-0.3, -0.25) is 0 Å². The molecule has 1 aliphatic rings. The molecule has 0 aromatic heterocycles. The average Bonchev–Trinajstić information content (AvgIpc) is 2.94. The summed E-state index contributed by atoms with van der Waals surface area (Å²) in [6.45, 7) is 2.88. The molecule has 1 aromatic carbocycles. The lowest BCUT2D eigenvalue weighted by atomic mass is 10.1. The highest BCUT2D eigenvalue weighted by atomic mass is 32.2. The van der Waals surface area contributed by atoms with Crippen LogP contribution >= 0.6 is 0 Å². The zero-order valence-electron chi connectivity index (χ0n) is 12.4. The Morgan fingerprint density at radius 2 is 2.14 bits per heavy atom. The number of rotatable bonds is 7. The second kappa shape index (κ2) is 6.95. The fourth-order valence-electron chi connectivity index (χ4n) is 2.45. The van der Waals surface area contributed by atoms with Gasteiger partial charge in [-0.25, -0.2) is 13.1 Å². The van der Waals surface area contributed by atoms with Crippen LogP contribution in [0.4, 0.5) is 11.4 Å². The number of sulfonamides is 1. The van der Waals surface area contributed by atoms with Crippen LogP contribution in [0.15, 0.2) is 34.7 Å². The van der Waals surface area contributed by atoms with E-state index >= 15 is 0 Å². The molecule has 1 aliphatic carbocycles. The van der Waals surface area contributed by atoms with E-state index in [9.17, 15) is 8.42 Å². The molecule has 1 aromatic rings. The highest BCUT2D eigenvalue weighted by molar-refractivity contribution is 7.89. The summed E-state index contributed by atoms with van der Waals surface area (Å²) < 4.78 is 26.5. The lowest BCUT2D eigenvalue weighted by Crippen LogP contribution is -2.23. The van der Waals surface area contributed by atoms with E-state index in [1.165, 1.54) is 30.9 Å². The van der Waals surface area contributed by atoms with E-state index in [4.69, 9.17) is 5.73 Å². The van der Waals surface area contributed by atoms with Crippen LogP contribution in [0.25, 0.3) is 0 Å². The van der Waals surface area contributed by atoms with Crippen molar-refractivity contribution in [2.75, 3.05) is 24.1 Å². The summed E-state index contributed by atoms with van der Waals surface area (Å²) in [6.07, 6.45) is 6.86. The number of hydrogen-bond donors (Lipinski definition) is 3. The van der Waals surface area contributed by atoms with Crippen molar-refractivity contribution in [1.29, 1.82) is 0 Å². The highest BCUT2D eigenvalue weighted by Gasteiger charge is 2.14. The highest BCUT2D eigenvalue weighted by Crippen LogP contribution is 2.24. The summed E-state index contributed by atoms with van der Waals surface area (Å²) in [5.41, 5.74) is 8.61. The van der Waals surface area contributed by atoms with Crippen LogP contribution in [0.1, 0.15) is 32.6 Å². The third kappa shape index (κ3) is 4.22. The van der Waals surface area contributed by atoms with Gasteiger partial charge in [-0.05, 0) is 43.9 Å². The monoisotopic (exact) mass is 309 g/mol. The molecular weight excluding hydrogens is 286 g/mol. The second-order valence-corrected chi connectivity index (χ2v) is 6.95. The molecule has 4 N–H and O–H groups in total. The van der Waals surface area contributed by atoms with Gasteiger partial charge in [-0.2, -0.15) is 0 Å². The predicted octanol–water partition coefficient (Wildman–Crippen LogP) is 2.48. The number of nitrogens with two attached hydrogens (primary N) is 1. The van der Waals surface area contributed by atoms with Crippen molar-refractivity contribution in [1.82, 2.24) is 4.72 Å². The summed E-state index contributed by atoms with van der Waals surface area (Å²) in [4.78, 5) is 0.237. The summed E-state index contributed by atoms with van der Waals surface area (Å²) in [5.74, 6) is 0. The minimum Gasteiger partial charge on any atom is -0.397 e. The van der Waals surface area contributed by atoms with Crippen molar-refractivity contribution in [3.05, 3.63) is 29.8 Å². The molecule has 0 radical (unpaired) electrons. The molecule has 6 heteroatoms. The molecule has 0 atom stereocenters. The maximum atomic E-state index is 12.0. The molecule has 0 saturated carbocycles. The number of anilines is 2. The van der Waals surface area contributed by atoms with Gasteiger partial charge < -0.3 is 11.1 Å². The number of hydrogen-bond acceptors (Lipinski definition) is 4. The average molecular weight is 309 g/mol. The Morgan fingerprint density at radius 1 is 1.33 bits per heavy atom. The van der Waals surface area contributed by atoms with Gasteiger partial charge in [0.1, 0.15) is 0 Å². The molecule has 0 saturated heterocycles. The molecule has 0 fully saturated rings. The first kappa shape index (κ1) is 15.9. The Balaban J connectivity index is 2.04. The predicted molar refractivity (Wildman–Crippen MR) is 86.8 cm³/mol. The van der Waals surface area contributed by atoms with Crippen LogP contribution in [0, 0.1) is 0 Å². The topological polar surface area (TPSA) is 84.2 Å². The fraction of sp³-hybridized carbons (Fsp3) is 0.467. The van der Waals surface area contributed by atoms with E-state index in [1.54, 1.807) is 19.1 Å². The van der Waals surface area contributed by atoms with Crippen LogP contribution in [-0.2, 0) is 10.0 Å². The van der Waals surface area contributed by atoms with Crippen molar-refractivity contribution in [2.24, 2.45) is 0 Å². The van der Waals surface area contributed by atoms with Crippen molar-refractivity contribution >= 4 is 21.4 Å². The van der Waals surface area contributed by atoms with Crippen LogP contribution < -0.4 is 15.8 Å².